The predicted octanol–water partition coefficient (Wildman–Crippen LogP) is 5.05. The van der Waals surface area contributed by atoms with Crippen LogP contribution in [0, 0.1) is 23.7 Å². The zero-order valence-corrected chi connectivity index (χ0v) is 18.2. The Kier molecular flexibility index (Phi) is 4.91. The number of fused-ring (bicyclic) bond motifs is 5. The number of benzene rings is 2. The summed E-state index contributed by atoms with van der Waals surface area (Å²) in [6.07, 6.45) is 3.04. The third-order valence-electron chi connectivity index (χ3n) is 6.65. The minimum Gasteiger partial charge on any atom is -0.457 e. The number of ether oxygens (including phenoxy) is 1. The van der Waals surface area contributed by atoms with Crippen LogP contribution in [0.4, 0.5) is 5.69 Å². The molecule has 158 valence electrons. The Morgan fingerprint density at radius 2 is 1.68 bits per heavy atom. The number of imide groups is 1. The zero-order valence-electron chi connectivity index (χ0n) is 16.7. The van der Waals surface area contributed by atoms with E-state index in [2.05, 4.69) is 6.08 Å². The number of esters is 1. The maximum absolute atomic E-state index is 13.0. The van der Waals surface area contributed by atoms with Crippen LogP contribution >= 0.6 is 23.2 Å². The lowest BCUT2D eigenvalue weighted by Crippen LogP contribution is -2.32. The van der Waals surface area contributed by atoms with Gasteiger partial charge in [-0.3, -0.25) is 14.5 Å². The van der Waals surface area contributed by atoms with Crippen molar-refractivity contribution in [2.45, 2.75) is 20.0 Å². The third-order valence-corrected chi connectivity index (χ3v) is 7.36. The highest BCUT2D eigenvalue weighted by Crippen LogP contribution is 2.55. The Hall–Kier alpha value is -2.63. The summed E-state index contributed by atoms with van der Waals surface area (Å²) in [5.41, 5.74) is 2.54. The molecule has 4 atom stereocenters. The van der Waals surface area contributed by atoms with Crippen LogP contribution in [0.15, 0.2) is 54.1 Å². The minimum atomic E-state index is -0.545. The van der Waals surface area contributed by atoms with Crippen molar-refractivity contribution in [2.24, 2.45) is 23.7 Å². The van der Waals surface area contributed by atoms with Crippen LogP contribution < -0.4 is 4.90 Å². The molecule has 0 N–H and O–H groups in total. The van der Waals surface area contributed by atoms with Crippen molar-refractivity contribution in [1.82, 2.24) is 0 Å². The standard InChI is InChI=1S/C24H19Cl2NO4/c1-12-9-14-10-16(12)21-20(14)22(28)27(23(21)29)15-7-5-13(6-8-15)24(30)31-11-17-18(25)3-2-4-19(17)26/h2-9,14,16,20-21H,10-11H2,1H3/t14-,16-,20+,21+/m1/s1. The van der Waals surface area contributed by atoms with Gasteiger partial charge >= 0.3 is 5.97 Å². The van der Waals surface area contributed by atoms with E-state index in [1.54, 1.807) is 42.5 Å². The first-order chi connectivity index (χ1) is 14.9. The van der Waals surface area contributed by atoms with Gasteiger partial charge in [-0.2, -0.15) is 0 Å². The number of rotatable bonds is 4. The first-order valence-electron chi connectivity index (χ1n) is 10.1. The van der Waals surface area contributed by atoms with Gasteiger partial charge in [-0.15, -0.1) is 0 Å². The average molecular weight is 456 g/mol. The molecule has 1 saturated heterocycles. The molecule has 0 spiro atoms. The molecule has 5 nitrogen and oxygen atoms in total. The van der Waals surface area contributed by atoms with Crippen LogP contribution in [0.3, 0.4) is 0 Å². The molecular weight excluding hydrogens is 437 g/mol. The van der Waals surface area contributed by atoms with Crippen molar-refractivity contribution < 1.29 is 19.1 Å². The summed E-state index contributed by atoms with van der Waals surface area (Å²) in [7, 11) is 0. The Morgan fingerprint density at radius 3 is 2.35 bits per heavy atom. The van der Waals surface area contributed by atoms with Gasteiger partial charge in [0.2, 0.25) is 11.8 Å². The van der Waals surface area contributed by atoms with E-state index in [9.17, 15) is 14.4 Å². The van der Waals surface area contributed by atoms with E-state index in [4.69, 9.17) is 27.9 Å². The smallest absolute Gasteiger partial charge is 0.338 e. The molecule has 0 aromatic heterocycles. The molecule has 2 aliphatic carbocycles. The molecule has 0 unspecified atom stereocenters. The lowest BCUT2D eigenvalue weighted by Gasteiger charge is -2.19. The topological polar surface area (TPSA) is 63.7 Å². The summed E-state index contributed by atoms with van der Waals surface area (Å²) in [6, 6.07) is 11.4. The van der Waals surface area contributed by atoms with Gasteiger partial charge in [0.1, 0.15) is 6.61 Å². The first-order valence-corrected chi connectivity index (χ1v) is 10.9. The van der Waals surface area contributed by atoms with E-state index in [1.165, 1.54) is 10.5 Å². The maximum Gasteiger partial charge on any atom is 0.338 e. The Bertz CT molecular complexity index is 1120. The number of hydrogen-bond acceptors (Lipinski definition) is 4. The summed E-state index contributed by atoms with van der Waals surface area (Å²) < 4.78 is 5.33. The fourth-order valence-corrected chi connectivity index (χ4v) is 5.67. The number of carbonyl (C=O) groups excluding carboxylic acids is 3. The molecule has 3 aliphatic rings. The number of amides is 2. The number of nitrogens with zero attached hydrogens (tertiary/aromatic N) is 1. The monoisotopic (exact) mass is 455 g/mol. The molecule has 2 bridgehead atoms. The van der Waals surface area contributed by atoms with Gasteiger partial charge in [0.25, 0.3) is 0 Å². The summed E-state index contributed by atoms with van der Waals surface area (Å²) in [4.78, 5) is 39.7. The van der Waals surface area contributed by atoms with Gasteiger partial charge in [-0.1, -0.05) is 40.9 Å². The SMILES string of the molecule is CC1=C[C@@H]2C[C@H]1[C@@H]1C(=O)N(c3ccc(C(=O)OCc4c(Cl)cccc4Cl)cc3)C(=O)[C@H]12. The summed E-state index contributed by atoms with van der Waals surface area (Å²) in [6.45, 7) is 1.98. The van der Waals surface area contributed by atoms with Gasteiger partial charge in [0, 0.05) is 15.6 Å². The third kappa shape index (κ3) is 3.19. The molecular formula is C24H19Cl2NO4. The minimum absolute atomic E-state index is 0.0549. The van der Waals surface area contributed by atoms with Crippen LogP contribution in [-0.4, -0.2) is 17.8 Å². The summed E-state index contributed by atoms with van der Waals surface area (Å²) in [5.74, 6) is -1.02. The maximum atomic E-state index is 13.0. The van der Waals surface area contributed by atoms with Crippen LogP contribution in [0.25, 0.3) is 0 Å². The molecule has 2 fully saturated rings. The molecule has 2 aromatic rings. The van der Waals surface area contributed by atoms with Gasteiger partial charge in [-0.05, 0) is 61.6 Å². The van der Waals surface area contributed by atoms with E-state index < -0.39 is 5.97 Å². The van der Waals surface area contributed by atoms with Crippen molar-refractivity contribution in [3.05, 3.63) is 75.3 Å². The number of carbonyl (C=O) groups is 3. The Labute approximate surface area is 189 Å². The number of halogens is 2. The second kappa shape index (κ2) is 7.50. The van der Waals surface area contributed by atoms with Crippen molar-refractivity contribution in [2.75, 3.05) is 4.90 Å². The lowest BCUT2D eigenvalue weighted by atomic mass is 9.82. The number of hydrogen-bond donors (Lipinski definition) is 0. The molecule has 31 heavy (non-hydrogen) atoms. The highest BCUT2D eigenvalue weighted by atomic mass is 35.5. The van der Waals surface area contributed by atoms with Crippen LogP contribution in [-0.2, 0) is 20.9 Å². The normalized spacial score (nSPS) is 26.3. The Morgan fingerprint density at radius 1 is 1.03 bits per heavy atom. The van der Waals surface area contributed by atoms with Gasteiger partial charge in [-0.25, -0.2) is 4.79 Å². The van der Waals surface area contributed by atoms with Gasteiger partial charge in [0.05, 0.1) is 23.1 Å². The number of allylic oxidation sites excluding steroid dienone is 2. The highest BCUT2D eigenvalue weighted by molar-refractivity contribution is 6.36. The fourth-order valence-electron chi connectivity index (χ4n) is 5.17. The quantitative estimate of drug-likeness (QED) is 0.367. The van der Waals surface area contributed by atoms with Crippen molar-refractivity contribution in [3.63, 3.8) is 0 Å². The molecule has 1 heterocycles. The summed E-state index contributed by atoms with van der Waals surface area (Å²) >= 11 is 12.2. The largest absolute Gasteiger partial charge is 0.457 e. The highest BCUT2D eigenvalue weighted by Gasteiger charge is 2.60. The van der Waals surface area contributed by atoms with Crippen molar-refractivity contribution in [3.8, 4) is 0 Å². The molecule has 2 amide bonds. The van der Waals surface area contributed by atoms with E-state index >= 15 is 0 Å². The predicted molar refractivity (Wildman–Crippen MR) is 117 cm³/mol. The van der Waals surface area contributed by atoms with E-state index in [0.29, 0.717) is 26.9 Å². The fraction of sp³-hybridized carbons (Fsp3) is 0.292. The van der Waals surface area contributed by atoms with E-state index in [0.717, 1.165) is 6.42 Å². The number of anilines is 1. The molecule has 1 aliphatic heterocycles. The van der Waals surface area contributed by atoms with Crippen LogP contribution in [0.5, 0.6) is 0 Å². The molecule has 7 heteroatoms. The van der Waals surface area contributed by atoms with Gasteiger partial charge < -0.3 is 4.74 Å². The first kappa shape index (κ1) is 20.3. The Balaban J connectivity index is 1.30. The molecule has 1 saturated carbocycles. The molecule has 2 aromatic carbocycles. The van der Waals surface area contributed by atoms with Crippen molar-refractivity contribution in [1.29, 1.82) is 0 Å². The lowest BCUT2D eigenvalue weighted by molar-refractivity contribution is -0.123. The van der Waals surface area contributed by atoms with E-state index in [1.807, 2.05) is 6.92 Å². The summed E-state index contributed by atoms with van der Waals surface area (Å²) in [5, 5.41) is 0.844. The zero-order chi connectivity index (χ0) is 21.9. The van der Waals surface area contributed by atoms with Crippen LogP contribution in [0.2, 0.25) is 10.0 Å². The average Bonchev–Trinajstić information content (AvgIpc) is 3.38. The van der Waals surface area contributed by atoms with E-state index in [-0.39, 0.29) is 42.1 Å². The van der Waals surface area contributed by atoms with Gasteiger partial charge in [0.15, 0.2) is 0 Å². The molecule has 5 rings (SSSR count). The second-order valence-corrected chi connectivity index (χ2v) is 9.12. The second-order valence-electron chi connectivity index (χ2n) is 8.30. The molecule has 0 radical (unpaired) electrons. The van der Waals surface area contributed by atoms with Crippen molar-refractivity contribution >= 4 is 46.7 Å². The van der Waals surface area contributed by atoms with Crippen LogP contribution in [0.1, 0.15) is 29.3 Å².